The first-order chi connectivity index (χ1) is 5.64. The monoisotopic (exact) mass is 175 g/mol. The molecule has 0 aromatic heterocycles. The van der Waals surface area contributed by atoms with E-state index in [1.54, 1.807) is 0 Å². The third kappa shape index (κ3) is 1.36. The number of aliphatic hydroxyl groups excluding tert-OH is 2. The summed E-state index contributed by atoms with van der Waals surface area (Å²) in [5, 5.41) is 30.2. The number of azide groups is 1. The molecule has 68 valence electrons. The molecule has 7 nitrogen and oxygen atoms in total. The van der Waals surface area contributed by atoms with Gasteiger partial charge in [0, 0.05) is 4.91 Å². The maximum Gasteiger partial charge on any atom is 0.195 e. The van der Waals surface area contributed by atoms with Crippen LogP contribution in [0.2, 0.25) is 0 Å². The Bertz CT molecular complexity index is 217. The summed E-state index contributed by atoms with van der Waals surface area (Å²) in [5.41, 5.74) is 6.10. The van der Waals surface area contributed by atoms with Crippen LogP contribution < -0.4 is 0 Å². The van der Waals surface area contributed by atoms with E-state index in [1.165, 1.54) is 0 Å². The van der Waals surface area contributed by atoms with Crippen LogP contribution in [-0.4, -0.2) is 46.5 Å². The zero-order valence-corrected chi connectivity index (χ0v) is 6.16. The van der Waals surface area contributed by atoms with Crippen molar-refractivity contribution < 1.29 is 20.1 Å². The highest BCUT2D eigenvalue weighted by atomic mass is 16.5. The minimum Gasteiger partial charge on any atom is -0.394 e. The number of nitrogens with zero attached hydrogens (tertiary/aromatic N) is 3. The topological polar surface area (TPSA) is 119 Å². The Morgan fingerprint density at radius 2 is 2.42 bits per heavy atom. The summed E-state index contributed by atoms with van der Waals surface area (Å²) in [5.74, 6) is 0. The van der Waals surface area contributed by atoms with E-state index in [-0.39, 0.29) is 6.61 Å². The average Bonchev–Trinajstić information content (AvgIpc) is 2.30. The first-order valence-corrected chi connectivity index (χ1v) is 3.33. The van der Waals surface area contributed by atoms with E-state index in [9.17, 15) is 10.2 Å². The molecule has 0 aromatic rings. The van der Waals surface area contributed by atoms with Gasteiger partial charge >= 0.3 is 0 Å². The molecule has 12 heavy (non-hydrogen) atoms. The predicted octanol–water partition coefficient (Wildman–Crippen LogP) is -1.26. The number of hydrogen-bond donors (Lipinski definition) is 3. The lowest BCUT2D eigenvalue weighted by Gasteiger charge is -2.19. The van der Waals surface area contributed by atoms with E-state index < -0.39 is 24.5 Å². The van der Waals surface area contributed by atoms with Gasteiger partial charge in [-0.1, -0.05) is 5.11 Å². The lowest BCUT2D eigenvalue weighted by Crippen LogP contribution is -2.42. The summed E-state index contributed by atoms with van der Waals surface area (Å²) >= 11 is 0. The van der Waals surface area contributed by atoms with Crippen LogP contribution in [0.25, 0.3) is 10.4 Å². The maximum absolute atomic E-state index is 9.35. The molecule has 0 aromatic carbocycles. The van der Waals surface area contributed by atoms with E-state index in [0.717, 1.165) is 0 Å². The maximum atomic E-state index is 9.35. The summed E-state index contributed by atoms with van der Waals surface area (Å²) in [6.07, 6.45) is -2.26. The molecule has 1 aliphatic rings. The first kappa shape index (κ1) is 9.24. The van der Waals surface area contributed by atoms with Gasteiger partial charge in [0.05, 0.1) is 13.2 Å². The third-order valence-corrected chi connectivity index (χ3v) is 1.73. The average molecular weight is 175 g/mol. The van der Waals surface area contributed by atoms with Gasteiger partial charge in [-0.3, -0.25) is 0 Å². The second-order valence-corrected chi connectivity index (χ2v) is 2.54. The van der Waals surface area contributed by atoms with E-state index in [4.69, 9.17) is 15.4 Å². The summed E-state index contributed by atoms with van der Waals surface area (Å²) in [6.45, 7) is -0.728. The quantitative estimate of drug-likeness (QED) is 0.275. The van der Waals surface area contributed by atoms with Crippen LogP contribution in [0.1, 0.15) is 0 Å². The van der Waals surface area contributed by atoms with Crippen molar-refractivity contribution >= 4 is 0 Å². The third-order valence-electron chi connectivity index (χ3n) is 1.73. The van der Waals surface area contributed by atoms with Crippen molar-refractivity contribution in [2.45, 2.75) is 17.9 Å². The van der Waals surface area contributed by atoms with Gasteiger partial charge in [-0.2, -0.15) is 0 Å². The highest BCUT2D eigenvalue weighted by Crippen LogP contribution is 2.25. The summed E-state index contributed by atoms with van der Waals surface area (Å²) in [6, 6.07) is 0. The molecule has 0 spiro atoms. The van der Waals surface area contributed by atoms with Crippen LogP contribution in [0.4, 0.5) is 0 Å². The first-order valence-electron chi connectivity index (χ1n) is 3.33. The molecule has 0 amide bonds. The Kier molecular flexibility index (Phi) is 2.51. The molecule has 3 atom stereocenters. The van der Waals surface area contributed by atoms with Crippen molar-refractivity contribution in [2.24, 2.45) is 5.11 Å². The molecule has 1 aliphatic heterocycles. The van der Waals surface area contributed by atoms with Crippen molar-refractivity contribution in [3.63, 3.8) is 0 Å². The zero-order valence-electron chi connectivity index (χ0n) is 6.16. The van der Waals surface area contributed by atoms with Gasteiger partial charge in [0.25, 0.3) is 0 Å². The van der Waals surface area contributed by atoms with Gasteiger partial charge < -0.3 is 20.1 Å². The molecule has 1 rings (SSSR count). The van der Waals surface area contributed by atoms with Crippen LogP contribution in [0.15, 0.2) is 5.11 Å². The van der Waals surface area contributed by atoms with E-state index in [1.807, 2.05) is 0 Å². The van der Waals surface area contributed by atoms with Crippen LogP contribution in [0.3, 0.4) is 0 Å². The van der Waals surface area contributed by atoms with Gasteiger partial charge in [-0.25, -0.2) is 0 Å². The number of hydrogen-bond acceptors (Lipinski definition) is 5. The van der Waals surface area contributed by atoms with Crippen molar-refractivity contribution in [1.29, 1.82) is 0 Å². The molecule has 0 unspecified atom stereocenters. The fourth-order valence-corrected chi connectivity index (χ4v) is 1.02. The molecule has 0 radical (unpaired) electrons. The molecule has 7 heteroatoms. The van der Waals surface area contributed by atoms with Crippen molar-refractivity contribution in [3.05, 3.63) is 10.4 Å². The fourth-order valence-electron chi connectivity index (χ4n) is 1.02. The summed E-state index contributed by atoms with van der Waals surface area (Å²) in [4.78, 5) is 2.36. The van der Waals surface area contributed by atoms with Gasteiger partial charge in [-0.05, 0) is 5.53 Å². The molecule has 1 heterocycles. The second-order valence-electron chi connectivity index (χ2n) is 2.54. The molecule has 0 aliphatic carbocycles. The molecular weight excluding hydrogens is 166 g/mol. The van der Waals surface area contributed by atoms with Gasteiger partial charge in [0.2, 0.25) is 0 Å². The smallest absolute Gasteiger partial charge is 0.195 e. The molecule has 1 fully saturated rings. The lowest BCUT2D eigenvalue weighted by atomic mass is 10.1. The number of aliphatic hydroxyl groups is 3. The standard InChI is InChI=1S/C5H9N3O4/c6-8-7-5(11)2-12-3(1-9)4(5)10/h3-4,9-11H,1-2H2/t3-,4-,5+/m1/s1. The Morgan fingerprint density at radius 3 is 2.83 bits per heavy atom. The van der Waals surface area contributed by atoms with E-state index >= 15 is 0 Å². The Labute approximate surface area is 67.8 Å². The molecule has 0 saturated carbocycles. The normalized spacial score (nSPS) is 40.9. The summed E-state index contributed by atoms with van der Waals surface area (Å²) in [7, 11) is 0. The molecular formula is C5H9N3O4. The van der Waals surface area contributed by atoms with Crippen LogP contribution in [0, 0.1) is 0 Å². The molecule has 0 bridgehead atoms. The summed E-state index contributed by atoms with van der Waals surface area (Å²) < 4.78 is 4.77. The second kappa shape index (κ2) is 3.26. The molecule has 1 saturated heterocycles. The SMILES string of the molecule is [N-]=[N+]=N[C@]1(O)CO[C@H](CO)[C@H]1O. The van der Waals surface area contributed by atoms with Crippen molar-refractivity contribution in [3.8, 4) is 0 Å². The fraction of sp³-hybridized carbons (Fsp3) is 1.00. The minimum atomic E-state index is -1.94. The van der Waals surface area contributed by atoms with Crippen molar-refractivity contribution in [1.82, 2.24) is 0 Å². The van der Waals surface area contributed by atoms with Crippen molar-refractivity contribution in [2.75, 3.05) is 13.2 Å². The van der Waals surface area contributed by atoms with Gasteiger partial charge in [-0.15, -0.1) is 0 Å². The largest absolute Gasteiger partial charge is 0.394 e. The Balaban J connectivity index is 2.76. The van der Waals surface area contributed by atoms with E-state index in [2.05, 4.69) is 10.0 Å². The van der Waals surface area contributed by atoms with E-state index in [0.29, 0.717) is 0 Å². The predicted molar refractivity (Wildman–Crippen MR) is 36.9 cm³/mol. The Morgan fingerprint density at radius 1 is 1.75 bits per heavy atom. The van der Waals surface area contributed by atoms with Crippen LogP contribution in [0.5, 0.6) is 0 Å². The van der Waals surface area contributed by atoms with Gasteiger partial charge in [0.15, 0.2) is 5.72 Å². The highest BCUT2D eigenvalue weighted by Gasteiger charge is 2.47. The number of ether oxygens (including phenoxy) is 1. The minimum absolute atomic E-state index is 0.302. The van der Waals surface area contributed by atoms with Gasteiger partial charge in [0.1, 0.15) is 12.2 Å². The van der Waals surface area contributed by atoms with Crippen LogP contribution in [-0.2, 0) is 4.74 Å². The lowest BCUT2D eigenvalue weighted by molar-refractivity contribution is -0.0506. The number of rotatable bonds is 2. The van der Waals surface area contributed by atoms with Crippen LogP contribution >= 0.6 is 0 Å². The zero-order chi connectivity index (χ0) is 9.19. The molecule has 3 N–H and O–H groups in total. The Hall–Kier alpha value is -0.850. The highest BCUT2D eigenvalue weighted by molar-refractivity contribution is 4.94.